The molecule has 0 aromatic heterocycles. The van der Waals surface area contributed by atoms with E-state index in [4.69, 9.17) is 4.74 Å². The normalized spacial score (nSPS) is 18.1. The third-order valence-corrected chi connectivity index (χ3v) is 2.52. The molecule has 0 fully saturated rings. The Balaban J connectivity index is 2.53. The zero-order chi connectivity index (χ0) is 9.64. The number of hydrogen-bond acceptors (Lipinski definition) is 2. The molecule has 1 heterocycles. The van der Waals surface area contributed by atoms with Gasteiger partial charge in [-0.25, -0.2) is 0 Å². The summed E-state index contributed by atoms with van der Waals surface area (Å²) in [7, 11) is 0. The van der Waals surface area contributed by atoms with E-state index in [0.717, 1.165) is 23.3 Å². The lowest BCUT2D eigenvalue weighted by Crippen LogP contribution is -2.24. The van der Waals surface area contributed by atoms with E-state index in [1.165, 1.54) is 0 Å². The summed E-state index contributed by atoms with van der Waals surface area (Å²) in [5.41, 5.74) is 1.97. The van der Waals surface area contributed by atoms with Crippen LogP contribution < -0.4 is 4.74 Å². The van der Waals surface area contributed by atoms with E-state index in [1.54, 1.807) is 6.07 Å². The van der Waals surface area contributed by atoms with Gasteiger partial charge >= 0.3 is 0 Å². The van der Waals surface area contributed by atoms with E-state index in [9.17, 15) is 5.11 Å². The molecule has 0 bridgehead atoms. The molecule has 1 N–H and O–H groups in total. The van der Waals surface area contributed by atoms with Gasteiger partial charge in [0.25, 0.3) is 0 Å². The molecule has 0 atom stereocenters. The highest BCUT2D eigenvalue weighted by Gasteiger charge is 2.31. The third kappa shape index (κ3) is 1.26. The first kappa shape index (κ1) is 8.42. The van der Waals surface area contributed by atoms with Crippen LogP contribution in [0.1, 0.15) is 25.0 Å². The van der Waals surface area contributed by atoms with Crippen LogP contribution in [-0.2, 0) is 6.42 Å². The van der Waals surface area contributed by atoms with Gasteiger partial charge in [0.2, 0.25) is 0 Å². The smallest absolute Gasteiger partial charge is 0.124 e. The van der Waals surface area contributed by atoms with Crippen molar-refractivity contribution < 1.29 is 9.84 Å². The van der Waals surface area contributed by atoms with Crippen LogP contribution in [0.15, 0.2) is 12.1 Å². The lowest BCUT2D eigenvalue weighted by atomic mass is 9.98. The zero-order valence-corrected chi connectivity index (χ0v) is 8.22. The molecule has 0 spiro atoms. The van der Waals surface area contributed by atoms with Gasteiger partial charge in [-0.1, -0.05) is 0 Å². The van der Waals surface area contributed by atoms with Gasteiger partial charge in [0.05, 0.1) is 0 Å². The Labute approximate surface area is 78.2 Å². The average Bonchev–Trinajstić information content (AvgIpc) is 2.34. The van der Waals surface area contributed by atoms with Crippen molar-refractivity contribution in [3.8, 4) is 11.5 Å². The minimum Gasteiger partial charge on any atom is -0.508 e. The van der Waals surface area contributed by atoms with Crippen molar-refractivity contribution in [2.75, 3.05) is 0 Å². The van der Waals surface area contributed by atoms with Crippen LogP contribution in [0.25, 0.3) is 0 Å². The van der Waals surface area contributed by atoms with Gasteiger partial charge in [0.1, 0.15) is 17.1 Å². The van der Waals surface area contributed by atoms with E-state index in [0.29, 0.717) is 5.75 Å². The van der Waals surface area contributed by atoms with Gasteiger partial charge in [-0.3, -0.25) is 0 Å². The summed E-state index contributed by atoms with van der Waals surface area (Å²) in [5.74, 6) is 1.28. The lowest BCUT2D eigenvalue weighted by molar-refractivity contribution is 0.138. The number of ether oxygens (including phenoxy) is 1. The van der Waals surface area contributed by atoms with Crippen molar-refractivity contribution in [3.05, 3.63) is 23.3 Å². The van der Waals surface area contributed by atoms with E-state index in [-0.39, 0.29) is 5.60 Å². The molecule has 0 radical (unpaired) electrons. The summed E-state index contributed by atoms with van der Waals surface area (Å²) >= 11 is 0. The highest BCUT2D eigenvalue weighted by Crippen LogP contribution is 2.39. The van der Waals surface area contributed by atoms with Gasteiger partial charge in [0, 0.05) is 12.0 Å². The fraction of sp³-hybridized carbons (Fsp3) is 0.455. The van der Waals surface area contributed by atoms with Crippen molar-refractivity contribution in [2.45, 2.75) is 32.8 Å². The van der Waals surface area contributed by atoms with Gasteiger partial charge in [0.15, 0.2) is 0 Å². The Morgan fingerprint density at radius 1 is 1.38 bits per heavy atom. The largest absolute Gasteiger partial charge is 0.508 e. The highest BCUT2D eigenvalue weighted by molar-refractivity contribution is 5.50. The Bertz CT molecular complexity index is 353. The summed E-state index contributed by atoms with van der Waals surface area (Å²) in [6.07, 6.45) is 0.878. The molecule has 2 rings (SSSR count). The molecule has 1 aliphatic heterocycles. The van der Waals surface area contributed by atoms with Crippen molar-refractivity contribution in [1.82, 2.24) is 0 Å². The molecule has 1 aromatic carbocycles. The molecule has 0 saturated carbocycles. The first-order valence-electron chi connectivity index (χ1n) is 4.50. The quantitative estimate of drug-likeness (QED) is 0.661. The maximum Gasteiger partial charge on any atom is 0.124 e. The first-order chi connectivity index (χ1) is 5.99. The van der Waals surface area contributed by atoms with Crippen LogP contribution in [0.5, 0.6) is 11.5 Å². The van der Waals surface area contributed by atoms with Crippen LogP contribution in [0.4, 0.5) is 0 Å². The molecule has 0 amide bonds. The number of phenols is 1. The van der Waals surface area contributed by atoms with Gasteiger partial charge in [-0.2, -0.15) is 0 Å². The molecule has 0 aliphatic carbocycles. The SMILES string of the molecule is Cc1c(O)ccc2c1CC(C)(C)O2. The van der Waals surface area contributed by atoms with Crippen molar-refractivity contribution >= 4 is 0 Å². The second-order valence-electron chi connectivity index (χ2n) is 4.22. The summed E-state index contributed by atoms with van der Waals surface area (Å²) in [5, 5.41) is 9.50. The monoisotopic (exact) mass is 178 g/mol. The molecule has 70 valence electrons. The summed E-state index contributed by atoms with van der Waals surface area (Å²) in [4.78, 5) is 0. The van der Waals surface area contributed by atoms with Gasteiger partial charge in [-0.05, 0) is 38.5 Å². The second-order valence-corrected chi connectivity index (χ2v) is 4.22. The van der Waals surface area contributed by atoms with Crippen LogP contribution in [0.3, 0.4) is 0 Å². The molecule has 1 aromatic rings. The summed E-state index contributed by atoms with van der Waals surface area (Å²) in [6, 6.07) is 3.53. The van der Waals surface area contributed by atoms with Crippen molar-refractivity contribution in [2.24, 2.45) is 0 Å². The Kier molecular flexibility index (Phi) is 1.56. The number of aromatic hydroxyl groups is 1. The van der Waals surface area contributed by atoms with E-state index in [1.807, 2.05) is 13.0 Å². The summed E-state index contributed by atoms with van der Waals surface area (Å²) < 4.78 is 5.72. The molecule has 0 unspecified atom stereocenters. The Hall–Kier alpha value is -1.18. The van der Waals surface area contributed by atoms with Crippen molar-refractivity contribution in [3.63, 3.8) is 0 Å². The minimum absolute atomic E-state index is 0.124. The van der Waals surface area contributed by atoms with Crippen LogP contribution >= 0.6 is 0 Å². The molecular weight excluding hydrogens is 164 g/mol. The van der Waals surface area contributed by atoms with Crippen molar-refractivity contribution in [1.29, 1.82) is 0 Å². The summed E-state index contributed by atoms with van der Waals surface area (Å²) in [6.45, 7) is 6.05. The predicted molar refractivity (Wildman–Crippen MR) is 51.3 cm³/mol. The van der Waals surface area contributed by atoms with Crippen LogP contribution in [0.2, 0.25) is 0 Å². The molecule has 2 nitrogen and oxygen atoms in total. The van der Waals surface area contributed by atoms with E-state index < -0.39 is 0 Å². The molecule has 2 heteroatoms. The molecular formula is C11H14O2. The third-order valence-electron chi connectivity index (χ3n) is 2.52. The molecule has 1 aliphatic rings. The number of benzene rings is 1. The van der Waals surface area contributed by atoms with E-state index >= 15 is 0 Å². The predicted octanol–water partition coefficient (Wildman–Crippen LogP) is 2.41. The Morgan fingerprint density at radius 2 is 2.08 bits per heavy atom. The number of phenolic OH excluding ortho intramolecular Hbond substituents is 1. The maximum atomic E-state index is 9.50. The topological polar surface area (TPSA) is 29.5 Å². The number of hydrogen-bond donors (Lipinski definition) is 1. The maximum absolute atomic E-state index is 9.50. The second kappa shape index (κ2) is 2.41. The highest BCUT2D eigenvalue weighted by atomic mass is 16.5. The number of rotatable bonds is 0. The lowest BCUT2D eigenvalue weighted by Gasteiger charge is -2.16. The minimum atomic E-state index is -0.124. The molecule has 0 saturated heterocycles. The first-order valence-corrected chi connectivity index (χ1v) is 4.50. The molecule has 13 heavy (non-hydrogen) atoms. The van der Waals surface area contributed by atoms with Gasteiger partial charge in [-0.15, -0.1) is 0 Å². The number of fused-ring (bicyclic) bond motifs is 1. The fourth-order valence-electron chi connectivity index (χ4n) is 1.79. The Morgan fingerprint density at radius 3 is 2.77 bits per heavy atom. The zero-order valence-electron chi connectivity index (χ0n) is 8.22. The van der Waals surface area contributed by atoms with Crippen LogP contribution in [-0.4, -0.2) is 10.7 Å². The standard InChI is InChI=1S/C11H14O2/c1-7-8-6-11(2,3)13-10(8)5-4-9(7)12/h4-5,12H,6H2,1-3H3. The van der Waals surface area contributed by atoms with Gasteiger partial charge < -0.3 is 9.84 Å². The van der Waals surface area contributed by atoms with E-state index in [2.05, 4.69) is 13.8 Å². The fourth-order valence-corrected chi connectivity index (χ4v) is 1.79. The van der Waals surface area contributed by atoms with Crippen LogP contribution in [0, 0.1) is 6.92 Å². The average molecular weight is 178 g/mol.